The van der Waals surface area contributed by atoms with Crippen molar-refractivity contribution < 1.29 is 20.1 Å². The highest BCUT2D eigenvalue weighted by molar-refractivity contribution is 5.84. The van der Waals surface area contributed by atoms with Crippen LogP contribution in [0.25, 0.3) is 0 Å². The number of hydrogen-bond donors (Lipinski definition) is 3. The van der Waals surface area contributed by atoms with Crippen LogP contribution in [0.5, 0.6) is 0 Å². The zero-order valence-electron chi connectivity index (χ0n) is 15.7. The van der Waals surface area contributed by atoms with E-state index in [-0.39, 0.29) is 35.4 Å². The number of hydrogen-bond acceptors (Lipinski definition) is 4. The van der Waals surface area contributed by atoms with E-state index in [9.17, 15) is 20.1 Å². The maximum Gasteiger partial charge on any atom is 0.137 e. The van der Waals surface area contributed by atoms with Gasteiger partial charge < -0.3 is 15.3 Å². The first-order valence-corrected chi connectivity index (χ1v) is 10.3. The summed E-state index contributed by atoms with van der Waals surface area (Å²) < 4.78 is 0. The number of carbonyl (C=O) groups excluding carboxylic acids is 1. The summed E-state index contributed by atoms with van der Waals surface area (Å²) in [4.78, 5) is 13.4. The van der Waals surface area contributed by atoms with Crippen molar-refractivity contribution in [3.63, 3.8) is 0 Å². The van der Waals surface area contributed by atoms with Crippen LogP contribution < -0.4 is 0 Å². The summed E-state index contributed by atoms with van der Waals surface area (Å²) in [6.45, 7) is 4.31. The third kappa shape index (κ3) is 2.47. The average Bonchev–Trinajstić information content (AvgIpc) is 2.91. The van der Waals surface area contributed by atoms with Crippen molar-refractivity contribution in [2.75, 3.05) is 6.61 Å². The Morgan fingerprint density at radius 3 is 2.60 bits per heavy atom. The third-order valence-corrected chi connectivity index (χ3v) is 9.05. The van der Waals surface area contributed by atoms with Crippen molar-refractivity contribution in [3.8, 4) is 0 Å². The standard InChI is InChI=1S/C21H34O4/c1-20-8-7-13(23)9-12(20)3-4-14-15-5-6-16(18(25)11-22)21(15,2)10-17(24)19(14)20/h12-16,18-19,22-23,25H,3-11H2,1-2H3/t12-,13+,14-,15+,16+,18-,19-,20-,21-/m0/s1. The molecule has 4 nitrogen and oxygen atoms in total. The molecule has 25 heavy (non-hydrogen) atoms. The normalized spacial score (nSPS) is 53.7. The summed E-state index contributed by atoms with van der Waals surface area (Å²) in [5.41, 5.74) is -0.105. The number of aliphatic hydroxyl groups is 3. The maximum absolute atomic E-state index is 13.4. The van der Waals surface area contributed by atoms with Gasteiger partial charge in [0.15, 0.2) is 0 Å². The first-order valence-electron chi connectivity index (χ1n) is 10.3. The van der Waals surface area contributed by atoms with Gasteiger partial charge in [-0.2, -0.15) is 0 Å². The Morgan fingerprint density at radius 1 is 1.12 bits per heavy atom. The highest BCUT2D eigenvalue weighted by Crippen LogP contribution is 2.66. The van der Waals surface area contributed by atoms with Gasteiger partial charge >= 0.3 is 0 Å². The molecule has 9 atom stereocenters. The van der Waals surface area contributed by atoms with Gasteiger partial charge in [0.25, 0.3) is 0 Å². The topological polar surface area (TPSA) is 77.8 Å². The molecule has 0 bridgehead atoms. The van der Waals surface area contributed by atoms with Gasteiger partial charge in [-0.1, -0.05) is 13.8 Å². The predicted molar refractivity (Wildman–Crippen MR) is 94.7 cm³/mol. The summed E-state index contributed by atoms with van der Waals surface area (Å²) >= 11 is 0. The van der Waals surface area contributed by atoms with Crippen molar-refractivity contribution in [1.82, 2.24) is 0 Å². The Kier molecular flexibility index (Phi) is 4.33. The summed E-state index contributed by atoms with van der Waals surface area (Å²) in [5.74, 6) is 1.98. The number of rotatable bonds is 2. The molecule has 0 aromatic heterocycles. The molecule has 0 amide bonds. The second kappa shape index (κ2) is 6.03. The lowest BCUT2D eigenvalue weighted by atomic mass is 9.44. The molecule has 3 N–H and O–H groups in total. The van der Waals surface area contributed by atoms with Crippen LogP contribution >= 0.6 is 0 Å². The van der Waals surface area contributed by atoms with E-state index in [2.05, 4.69) is 13.8 Å². The molecule has 0 aromatic rings. The highest BCUT2D eigenvalue weighted by atomic mass is 16.3. The second-order valence-corrected chi connectivity index (χ2v) is 10.0. The second-order valence-electron chi connectivity index (χ2n) is 10.0. The van der Waals surface area contributed by atoms with Crippen molar-refractivity contribution in [3.05, 3.63) is 0 Å². The quantitative estimate of drug-likeness (QED) is 0.715. The Hall–Kier alpha value is -0.450. The minimum atomic E-state index is -0.698. The van der Waals surface area contributed by atoms with Crippen molar-refractivity contribution >= 4 is 5.78 Å². The Bertz CT molecular complexity index is 548. The number of Topliss-reactive ketones (excluding diaryl/α,β-unsaturated/α-hetero) is 1. The Balaban J connectivity index is 1.65. The first-order chi connectivity index (χ1) is 11.8. The van der Waals surface area contributed by atoms with Crippen LogP contribution in [0.1, 0.15) is 65.2 Å². The van der Waals surface area contributed by atoms with Gasteiger partial charge in [-0.3, -0.25) is 4.79 Å². The minimum absolute atomic E-state index is 0.0473. The average molecular weight is 350 g/mol. The SMILES string of the molecule is C[C@]12CC(=O)[C@@H]3[C@@H](CC[C@H]4C[C@H](O)CC[C@@]43C)[C@H]1CC[C@@H]2[C@@H](O)CO. The summed E-state index contributed by atoms with van der Waals surface area (Å²) in [7, 11) is 0. The number of ketones is 1. The largest absolute Gasteiger partial charge is 0.394 e. The van der Waals surface area contributed by atoms with Crippen LogP contribution in [0.2, 0.25) is 0 Å². The predicted octanol–water partition coefficient (Wildman–Crippen LogP) is 2.54. The molecule has 142 valence electrons. The van der Waals surface area contributed by atoms with Crippen LogP contribution in [0.15, 0.2) is 0 Å². The molecule has 0 aliphatic heterocycles. The van der Waals surface area contributed by atoms with Gasteiger partial charge in [0.05, 0.1) is 18.8 Å². The number of carbonyl (C=O) groups is 1. The highest BCUT2D eigenvalue weighted by Gasteiger charge is 2.63. The summed E-state index contributed by atoms with van der Waals surface area (Å²) in [6, 6.07) is 0. The molecule has 4 saturated carbocycles. The fourth-order valence-corrected chi connectivity index (χ4v) is 7.85. The lowest BCUT2D eigenvalue weighted by Crippen LogP contribution is -2.58. The van der Waals surface area contributed by atoms with Crippen molar-refractivity contribution in [2.45, 2.75) is 77.4 Å². The lowest BCUT2D eigenvalue weighted by Gasteiger charge is -2.60. The van der Waals surface area contributed by atoms with Gasteiger partial charge in [-0.25, -0.2) is 0 Å². The molecule has 4 heteroatoms. The van der Waals surface area contributed by atoms with Crippen LogP contribution in [-0.2, 0) is 4.79 Å². The van der Waals surface area contributed by atoms with E-state index >= 15 is 0 Å². The van der Waals surface area contributed by atoms with Gasteiger partial charge in [0.1, 0.15) is 5.78 Å². The van der Waals surface area contributed by atoms with Crippen LogP contribution in [-0.4, -0.2) is 39.9 Å². The fraction of sp³-hybridized carbons (Fsp3) is 0.952. The van der Waals surface area contributed by atoms with Crippen LogP contribution in [0, 0.1) is 40.4 Å². The molecule has 4 aliphatic carbocycles. The molecule has 4 aliphatic rings. The van der Waals surface area contributed by atoms with E-state index in [4.69, 9.17) is 0 Å². The molecule has 4 fully saturated rings. The zero-order chi connectivity index (χ0) is 18.0. The molecule has 0 heterocycles. The molecule has 0 radical (unpaired) electrons. The Morgan fingerprint density at radius 2 is 1.88 bits per heavy atom. The summed E-state index contributed by atoms with van der Waals surface area (Å²) in [5, 5.41) is 29.9. The number of aliphatic hydroxyl groups excluding tert-OH is 3. The third-order valence-electron chi connectivity index (χ3n) is 9.05. The van der Waals surface area contributed by atoms with E-state index < -0.39 is 6.10 Å². The number of fused-ring (bicyclic) bond motifs is 5. The zero-order valence-corrected chi connectivity index (χ0v) is 15.7. The van der Waals surface area contributed by atoms with E-state index in [0.717, 1.165) is 44.9 Å². The van der Waals surface area contributed by atoms with Crippen LogP contribution in [0.4, 0.5) is 0 Å². The fourth-order valence-electron chi connectivity index (χ4n) is 7.85. The van der Waals surface area contributed by atoms with Gasteiger partial charge in [0.2, 0.25) is 0 Å². The molecule has 0 unspecified atom stereocenters. The van der Waals surface area contributed by atoms with Crippen LogP contribution in [0.3, 0.4) is 0 Å². The lowest BCUT2D eigenvalue weighted by molar-refractivity contribution is -0.164. The molecule has 0 spiro atoms. The molecular weight excluding hydrogens is 316 g/mol. The molecule has 0 aromatic carbocycles. The van der Waals surface area contributed by atoms with E-state index in [1.54, 1.807) is 0 Å². The molecule has 4 rings (SSSR count). The first kappa shape index (κ1) is 17.9. The molecular formula is C21H34O4. The van der Waals surface area contributed by atoms with E-state index in [0.29, 0.717) is 30.0 Å². The van der Waals surface area contributed by atoms with E-state index in [1.165, 1.54) is 0 Å². The van der Waals surface area contributed by atoms with Crippen molar-refractivity contribution in [1.29, 1.82) is 0 Å². The Labute approximate surface area is 151 Å². The van der Waals surface area contributed by atoms with Crippen molar-refractivity contribution in [2.24, 2.45) is 40.4 Å². The smallest absolute Gasteiger partial charge is 0.137 e. The van der Waals surface area contributed by atoms with Gasteiger partial charge in [-0.15, -0.1) is 0 Å². The monoisotopic (exact) mass is 350 g/mol. The van der Waals surface area contributed by atoms with E-state index in [1.807, 2.05) is 0 Å². The van der Waals surface area contributed by atoms with Gasteiger partial charge in [0, 0.05) is 12.3 Å². The summed E-state index contributed by atoms with van der Waals surface area (Å²) in [6.07, 6.45) is 6.56. The minimum Gasteiger partial charge on any atom is -0.394 e. The maximum atomic E-state index is 13.4. The molecule has 0 saturated heterocycles. The van der Waals surface area contributed by atoms with Gasteiger partial charge in [-0.05, 0) is 79.4 Å².